The largest absolute Gasteiger partial charge is 0.390 e. The van der Waals surface area contributed by atoms with Crippen molar-refractivity contribution < 1.29 is 21.9 Å². The van der Waals surface area contributed by atoms with Gasteiger partial charge in [0.05, 0.1) is 28.9 Å². The van der Waals surface area contributed by atoms with Gasteiger partial charge in [-0.25, -0.2) is 16.8 Å². The van der Waals surface area contributed by atoms with Gasteiger partial charge < -0.3 is 10.4 Å². The van der Waals surface area contributed by atoms with Crippen LogP contribution in [0.25, 0.3) is 0 Å². The Bertz CT molecular complexity index is 516. The molecule has 0 amide bonds. The lowest BCUT2D eigenvalue weighted by Gasteiger charge is -2.31. The number of hydrogen-bond acceptors (Lipinski definition) is 6. The Labute approximate surface area is 114 Å². The Balaban J connectivity index is 2.10. The number of nitrogens with one attached hydrogen (secondary N) is 1. The van der Waals surface area contributed by atoms with Gasteiger partial charge in [-0.1, -0.05) is 0 Å². The van der Waals surface area contributed by atoms with Crippen LogP contribution in [0.3, 0.4) is 0 Å². The third-order valence-corrected chi connectivity index (χ3v) is 8.05. The molecule has 0 aromatic rings. The van der Waals surface area contributed by atoms with Crippen LogP contribution in [0, 0.1) is 0 Å². The molecule has 2 aliphatic heterocycles. The Morgan fingerprint density at radius 3 is 2.26 bits per heavy atom. The van der Waals surface area contributed by atoms with Crippen molar-refractivity contribution in [3.05, 3.63) is 0 Å². The van der Waals surface area contributed by atoms with Crippen LogP contribution in [-0.2, 0) is 19.9 Å². The Hall–Kier alpha value is -0.220. The van der Waals surface area contributed by atoms with Gasteiger partial charge in [0, 0.05) is 20.1 Å². The Morgan fingerprint density at radius 1 is 1.21 bits per heavy atom. The Kier molecular flexibility index (Phi) is 4.22. The number of nitrogens with zero attached hydrogens (tertiary/aromatic N) is 1. The van der Waals surface area contributed by atoms with Crippen LogP contribution in [-0.4, -0.2) is 75.3 Å². The summed E-state index contributed by atoms with van der Waals surface area (Å²) in [5.74, 6) is -0.146. The zero-order valence-corrected chi connectivity index (χ0v) is 12.5. The van der Waals surface area contributed by atoms with Gasteiger partial charge in [-0.2, -0.15) is 4.31 Å². The quantitative estimate of drug-likeness (QED) is 0.634. The van der Waals surface area contributed by atoms with Crippen molar-refractivity contribution in [2.45, 2.75) is 30.2 Å². The van der Waals surface area contributed by atoms with E-state index in [2.05, 4.69) is 5.32 Å². The van der Waals surface area contributed by atoms with Crippen molar-refractivity contribution in [1.82, 2.24) is 9.62 Å². The minimum atomic E-state index is -3.56. The molecule has 19 heavy (non-hydrogen) atoms. The van der Waals surface area contributed by atoms with E-state index in [9.17, 15) is 21.9 Å². The van der Waals surface area contributed by atoms with Gasteiger partial charge >= 0.3 is 0 Å². The second-order valence-electron chi connectivity index (χ2n) is 5.21. The van der Waals surface area contributed by atoms with Crippen LogP contribution < -0.4 is 5.32 Å². The lowest BCUT2D eigenvalue weighted by atomic mass is 10.2. The van der Waals surface area contributed by atoms with E-state index >= 15 is 0 Å². The number of hydrogen-bond donors (Lipinski definition) is 2. The van der Waals surface area contributed by atoms with Crippen molar-refractivity contribution in [1.29, 1.82) is 0 Å². The summed E-state index contributed by atoms with van der Waals surface area (Å²) in [6.07, 6.45) is -0.427. The molecule has 2 fully saturated rings. The zero-order valence-electron chi connectivity index (χ0n) is 10.8. The van der Waals surface area contributed by atoms with Crippen molar-refractivity contribution in [3.63, 3.8) is 0 Å². The molecule has 0 unspecified atom stereocenters. The number of sulfonamides is 1. The molecule has 0 saturated carbocycles. The van der Waals surface area contributed by atoms with Gasteiger partial charge in [0.2, 0.25) is 10.0 Å². The van der Waals surface area contributed by atoms with Crippen LogP contribution in [0.2, 0.25) is 0 Å². The fourth-order valence-electron chi connectivity index (χ4n) is 2.61. The lowest BCUT2D eigenvalue weighted by Crippen LogP contribution is -2.49. The van der Waals surface area contributed by atoms with Crippen LogP contribution >= 0.6 is 0 Å². The molecule has 0 bridgehead atoms. The molecule has 0 aromatic heterocycles. The molecule has 0 aliphatic carbocycles. The molecule has 0 spiro atoms. The monoisotopic (exact) mass is 312 g/mol. The SMILES string of the molecule is CN([C@@H]1CNC[C@H]1O)S(=O)(=O)C1CCS(=O)(=O)CC1. The molecule has 9 heteroatoms. The highest BCUT2D eigenvalue weighted by Crippen LogP contribution is 2.24. The van der Waals surface area contributed by atoms with E-state index in [-0.39, 0.29) is 24.3 Å². The van der Waals surface area contributed by atoms with E-state index in [0.29, 0.717) is 13.1 Å². The minimum Gasteiger partial charge on any atom is -0.390 e. The third kappa shape index (κ3) is 3.10. The van der Waals surface area contributed by atoms with Gasteiger partial charge in [0.15, 0.2) is 0 Å². The van der Waals surface area contributed by atoms with Crippen LogP contribution in [0.4, 0.5) is 0 Å². The average Bonchev–Trinajstić information content (AvgIpc) is 2.73. The maximum absolute atomic E-state index is 12.4. The summed E-state index contributed by atoms with van der Waals surface area (Å²) < 4.78 is 48.7. The molecule has 2 atom stereocenters. The van der Waals surface area contributed by atoms with E-state index < -0.39 is 37.3 Å². The first-order valence-electron chi connectivity index (χ1n) is 6.30. The number of aliphatic hydroxyl groups is 1. The highest BCUT2D eigenvalue weighted by molar-refractivity contribution is 7.92. The van der Waals surface area contributed by atoms with E-state index in [1.807, 2.05) is 0 Å². The third-order valence-electron chi connectivity index (χ3n) is 3.94. The summed E-state index contributed by atoms with van der Waals surface area (Å²) in [5, 5.41) is 12.0. The lowest BCUT2D eigenvalue weighted by molar-refractivity contribution is 0.136. The van der Waals surface area contributed by atoms with Gasteiger partial charge in [0.1, 0.15) is 9.84 Å². The normalized spacial score (nSPS) is 32.8. The Morgan fingerprint density at radius 2 is 1.79 bits per heavy atom. The first kappa shape index (κ1) is 15.2. The van der Waals surface area contributed by atoms with Gasteiger partial charge in [-0.3, -0.25) is 0 Å². The second kappa shape index (κ2) is 5.28. The number of sulfone groups is 1. The number of β-amino-alcohol motifs (C(OH)–C–C–N with tert-alkyl or cyclic N) is 1. The van der Waals surface area contributed by atoms with Gasteiger partial charge in [0.25, 0.3) is 0 Å². The number of rotatable bonds is 3. The van der Waals surface area contributed by atoms with Gasteiger partial charge in [-0.15, -0.1) is 0 Å². The van der Waals surface area contributed by atoms with Crippen molar-refractivity contribution in [2.75, 3.05) is 31.6 Å². The summed E-state index contributed by atoms with van der Waals surface area (Å²) >= 11 is 0. The molecule has 2 heterocycles. The fraction of sp³-hybridized carbons (Fsp3) is 1.00. The summed E-state index contributed by atoms with van der Waals surface area (Å²) in [6, 6.07) is -0.469. The van der Waals surface area contributed by atoms with Crippen LogP contribution in [0.1, 0.15) is 12.8 Å². The van der Waals surface area contributed by atoms with E-state index in [1.165, 1.54) is 11.4 Å². The number of aliphatic hydroxyl groups excluding tert-OH is 1. The maximum Gasteiger partial charge on any atom is 0.217 e. The predicted octanol–water partition coefficient (Wildman–Crippen LogP) is -1.84. The molecule has 2 saturated heterocycles. The summed E-state index contributed by atoms with van der Waals surface area (Å²) in [7, 11) is -5.18. The molecule has 7 nitrogen and oxygen atoms in total. The topological polar surface area (TPSA) is 104 Å². The molecule has 112 valence electrons. The maximum atomic E-state index is 12.4. The molecular formula is C10H20N2O5S2. The summed E-state index contributed by atoms with van der Waals surface area (Å²) in [4.78, 5) is 0. The smallest absolute Gasteiger partial charge is 0.217 e. The first-order chi connectivity index (χ1) is 8.74. The predicted molar refractivity (Wildman–Crippen MR) is 71.0 cm³/mol. The van der Waals surface area contributed by atoms with Crippen LogP contribution in [0.5, 0.6) is 0 Å². The molecule has 0 aromatic carbocycles. The zero-order chi connectivity index (χ0) is 14.3. The molecule has 2 aliphatic rings. The molecule has 2 N–H and O–H groups in total. The molecule has 0 radical (unpaired) electrons. The highest BCUT2D eigenvalue weighted by Gasteiger charge is 2.40. The molecular weight excluding hydrogens is 292 g/mol. The second-order valence-corrected chi connectivity index (χ2v) is 9.78. The summed E-state index contributed by atoms with van der Waals surface area (Å²) in [5.41, 5.74) is 0. The highest BCUT2D eigenvalue weighted by atomic mass is 32.2. The standard InChI is InChI=1S/C10H20N2O5S2/c1-12(9-6-11-7-10(9)13)19(16,17)8-2-4-18(14,15)5-3-8/h8-11,13H,2-7H2,1H3/t9-,10-/m1/s1. The van der Waals surface area contributed by atoms with E-state index in [0.717, 1.165) is 0 Å². The first-order valence-corrected chi connectivity index (χ1v) is 9.62. The minimum absolute atomic E-state index is 0.0732. The van der Waals surface area contributed by atoms with E-state index in [1.54, 1.807) is 0 Å². The van der Waals surface area contributed by atoms with E-state index in [4.69, 9.17) is 0 Å². The van der Waals surface area contributed by atoms with Crippen molar-refractivity contribution in [3.8, 4) is 0 Å². The van der Waals surface area contributed by atoms with Crippen molar-refractivity contribution in [2.24, 2.45) is 0 Å². The fourth-order valence-corrected chi connectivity index (χ4v) is 6.30. The number of likely N-dealkylation sites (N-methyl/N-ethyl adjacent to an activating group) is 1. The molecule has 2 rings (SSSR count). The summed E-state index contributed by atoms with van der Waals surface area (Å²) in [6.45, 7) is 0.797. The van der Waals surface area contributed by atoms with Crippen molar-refractivity contribution >= 4 is 19.9 Å². The van der Waals surface area contributed by atoms with Crippen LogP contribution in [0.15, 0.2) is 0 Å². The average molecular weight is 312 g/mol. The van der Waals surface area contributed by atoms with Gasteiger partial charge in [-0.05, 0) is 12.8 Å².